The van der Waals surface area contributed by atoms with Crippen LogP contribution in [0.5, 0.6) is 5.75 Å². The summed E-state index contributed by atoms with van der Waals surface area (Å²) in [5.41, 5.74) is 2.94. The summed E-state index contributed by atoms with van der Waals surface area (Å²) in [5.74, 6) is 0.759. The lowest BCUT2D eigenvalue weighted by Gasteiger charge is -2.29. The minimum absolute atomic E-state index is 0.106. The van der Waals surface area contributed by atoms with Crippen molar-refractivity contribution < 1.29 is 17.9 Å². The van der Waals surface area contributed by atoms with Gasteiger partial charge in [-0.2, -0.15) is 4.31 Å². The molecule has 1 aliphatic heterocycles. The van der Waals surface area contributed by atoms with Gasteiger partial charge >= 0.3 is 0 Å². The Morgan fingerprint density at radius 1 is 1.14 bits per heavy atom. The topological polar surface area (TPSA) is 87.7 Å². The van der Waals surface area contributed by atoms with Crippen molar-refractivity contribution in [1.29, 1.82) is 0 Å². The molecule has 1 heterocycles. The number of amides is 1. The zero-order chi connectivity index (χ0) is 20.7. The molecule has 0 saturated heterocycles. The van der Waals surface area contributed by atoms with Gasteiger partial charge in [-0.25, -0.2) is 8.42 Å². The fourth-order valence-corrected chi connectivity index (χ4v) is 4.35. The van der Waals surface area contributed by atoms with Crippen LogP contribution in [0.1, 0.15) is 18.1 Å². The minimum Gasteiger partial charge on any atom is -0.492 e. The number of fused-ring (bicyclic) bond motifs is 1. The van der Waals surface area contributed by atoms with Crippen LogP contribution < -0.4 is 15.4 Å². The first-order chi connectivity index (χ1) is 14.0. The first kappa shape index (κ1) is 21.1. The first-order valence-corrected chi connectivity index (χ1v) is 11.4. The lowest BCUT2D eigenvalue weighted by Crippen LogP contribution is -2.37. The van der Waals surface area contributed by atoms with Gasteiger partial charge < -0.3 is 15.4 Å². The highest BCUT2D eigenvalue weighted by Crippen LogP contribution is 2.27. The van der Waals surface area contributed by atoms with E-state index < -0.39 is 10.0 Å². The average molecular weight is 418 g/mol. The zero-order valence-corrected chi connectivity index (χ0v) is 17.4. The Bertz CT molecular complexity index is 932. The first-order valence-electron chi connectivity index (χ1n) is 9.76. The summed E-state index contributed by atoms with van der Waals surface area (Å²) < 4.78 is 31.3. The third-order valence-electron chi connectivity index (χ3n) is 4.86. The number of carbonyl (C=O) groups excluding carboxylic acids is 1. The molecule has 0 aromatic heterocycles. The van der Waals surface area contributed by atoms with Crippen LogP contribution in [0.2, 0.25) is 0 Å². The second kappa shape index (κ2) is 9.76. The predicted molar refractivity (Wildman–Crippen MR) is 113 cm³/mol. The number of rotatable bonds is 9. The van der Waals surface area contributed by atoms with Crippen molar-refractivity contribution in [2.75, 3.05) is 37.3 Å². The second-order valence-electron chi connectivity index (χ2n) is 6.79. The van der Waals surface area contributed by atoms with Crippen molar-refractivity contribution in [3.63, 3.8) is 0 Å². The number of sulfonamides is 1. The number of nitrogens with zero attached hydrogens (tertiary/aromatic N) is 1. The standard InChI is InChI=1S/C21H27N3O4S/c1-2-29(26,27)24-13-11-19-17(16-24)7-6-10-20(19)23-15-21(25)22-12-14-28-18-8-4-3-5-9-18/h3-10,23H,2,11-16H2,1H3,(H,22,25). The van der Waals surface area contributed by atoms with Crippen LogP contribution in [0.25, 0.3) is 0 Å². The molecule has 2 N–H and O–H groups in total. The Morgan fingerprint density at radius 2 is 1.93 bits per heavy atom. The zero-order valence-electron chi connectivity index (χ0n) is 16.6. The summed E-state index contributed by atoms with van der Waals surface area (Å²) in [7, 11) is -3.20. The Kier molecular flexibility index (Phi) is 7.11. The Morgan fingerprint density at radius 3 is 2.69 bits per heavy atom. The highest BCUT2D eigenvalue weighted by molar-refractivity contribution is 7.89. The van der Waals surface area contributed by atoms with Crippen LogP contribution in [0.4, 0.5) is 5.69 Å². The van der Waals surface area contributed by atoms with Crippen LogP contribution >= 0.6 is 0 Å². The van der Waals surface area contributed by atoms with E-state index >= 15 is 0 Å². The van der Waals surface area contributed by atoms with Gasteiger partial charge in [0.1, 0.15) is 12.4 Å². The number of hydrogen-bond acceptors (Lipinski definition) is 5. The molecular formula is C21H27N3O4S. The van der Waals surface area contributed by atoms with E-state index in [0.717, 1.165) is 22.6 Å². The van der Waals surface area contributed by atoms with Gasteiger partial charge in [0.05, 0.1) is 18.8 Å². The van der Waals surface area contributed by atoms with Crippen LogP contribution in [0, 0.1) is 0 Å². The summed E-state index contributed by atoms with van der Waals surface area (Å²) >= 11 is 0. The van der Waals surface area contributed by atoms with Crippen molar-refractivity contribution >= 4 is 21.6 Å². The molecule has 0 radical (unpaired) electrons. The van der Waals surface area contributed by atoms with E-state index in [-0.39, 0.29) is 18.2 Å². The summed E-state index contributed by atoms with van der Waals surface area (Å²) in [6.45, 7) is 3.48. The molecule has 0 unspecified atom stereocenters. The molecule has 1 amide bonds. The lowest BCUT2D eigenvalue weighted by molar-refractivity contribution is -0.119. The molecule has 0 fully saturated rings. The Balaban J connectivity index is 1.48. The summed E-state index contributed by atoms with van der Waals surface area (Å²) in [6, 6.07) is 15.2. The summed E-state index contributed by atoms with van der Waals surface area (Å²) in [5, 5.41) is 6.00. The lowest BCUT2D eigenvalue weighted by atomic mass is 9.99. The van der Waals surface area contributed by atoms with E-state index in [1.807, 2.05) is 48.5 Å². The molecule has 7 nitrogen and oxygen atoms in total. The van der Waals surface area contributed by atoms with Crippen LogP contribution in [-0.2, 0) is 27.8 Å². The number of carbonyl (C=O) groups is 1. The Hall–Kier alpha value is -2.58. The fraction of sp³-hybridized carbons (Fsp3) is 0.381. The molecule has 1 aliphatic rings. The van der Waals surface area contributed by atoms with Gasteiger partial charge in [-0.1, -0.05) is 30.3 Å². The molecule has 3 rings (SSSR count). The van der Waals surface area contributed by atoms with Gasteiger partial charge in [0, 0.05) is 18.8 Å². The predicted octanol–water partition coefficient (Wildman–Crippen LogP) is 2.00. The van der Waals surface area contributed by atoms with Gasteiger partial charge in [0.25, 0.3) is 0 Å². The molecule has 0 aliphatic carbocycles. The van der Waals surface area contributed by atoms with Gasteiger partial charge in [0.2, 0.25) is 15.9 Å². The molecule has 0 atom stereocenters. The molecule has 8 heteroatoms. The van der Waals surface area contributed by atoms with E-state index in [1.165, 1.54) is 4.31 Å². The third-order valence-corrected chi connectivity index (χ3v) is 6.69. The molecule has 29 heavy (non-hydrogen) atoms. The third kappa shape index (κ3) is 5.71. The average Bonchev–Trinajstić information content (AvgIpc) is 2.75. The van der Waals surface area contributed by atoms with E-state index in [0.29, 0.717) is 32.7 Å². The van der Waals surface area contributed by atoms with Crippen LogP contribution in [-0.4, -0.2) is 50.6 Å². The highest BCUT2D eigenvalue weighted by atomic mass is 32.2. The van der Waals surface area contributed by atoms with Gasteiger partial charge in [-0.3, -0.25) is 4.79 Å². The van der Waals surface area contributed by atoms with E-state index in [2.05, 4.69) is 10.6 Å². The van der Waals surface area contributed by atoms with Crippen molar-refractivity contribution in [2.45, 2.75) is 19.9 Å². The quantitative estimate of drug-likeness (QED) is 0.610. The highest BCUT2D eigenvalue weighted by Gasteiger charge is 2.26. The van der Waals surface area contributed by atoms with Crippen molar-refractivity contribution in [1.82, 2.24) is 9.62 Å². The number of para-hydroxylation sites is 1. The number of benzene rings is 2. The maximum atomic E-state index is 12.1. The van der Waals surface area contributed by atoms with Crippen molar-refractivity contribution in [3.05, 3.63) is 59.7 Å². The SMILES string of the molecule is CCS(=O)(=O)N1CCc2c(cccc2NCC(=O)NCCOc2ccccc2)C1. The van der Waals surface area contributed by atoms with E-state index in [4.69, 9.17) is 4.74 Å². The van der Waals surface area contributed by atoms with Crippen molar-refractivity contribution in [2.24, 2.45) is 0 Å². The number of ether oxygens (including phenoxy) is 1. The maximum Gasteiger partial charge on any atom is 0.239 e. The normalized spacial score (nSPS) is 14.1. The van der Waals surface area contributed by atoms with E-state index in [1.54, 1.807) is 6.92 Å². The largest absolute Gasteiger partial charge is 0.492 e. The van der Waals surface area contributed by atoms with E-state index in [9.17, 15) is 13.2 Å². The molecule has 156 valence electrons. The van der Waals surface area contributed by atoms with Gasteiger partial charge in [-0.15, -0.1) is 0 Å². The number of anilines is 1. The smallest absolute Gasteiger partial charge is 0.239 e. The van der Waals surface area contributed by atoms with Crippen LogP contribution in [0.15, 0.2) is 48.5 Å². The fourth-order valence-electron chi connectivity index (χ4n) is 3.28. The molecule has 2 aromatic rings. The van der Waals surface area contributed by atoms with Crippen molar-refractivity contribution in [3.8, 4) is 5.75 Å². The number of nitrogens with one attached hydrogen (secondary N) is 2. The van der Waals surface area contributed by atoms with Crippen LogP contribution in [0.3, 0.4) is 0 Å². The molecule has 2 aromatic carbocycles. The minimum atomic E-state index is -3.20. The van der Waals surface area contributed by atoms with Gasteiger partial charge in [-0.05, 0) is 42.7 Å². The van der Waals surface area contributed by atoms with Gasteiger partial charge in [0.15, 0.2) is 0 Å². The monoisotopic (exact) mass is 417 g/mol. The maximum absolute atomic E-state index is 12.1. The summed E-state index contributed by atoms with van der Waals surface area (Å²) in [6.07, 6.45) is 0.629. The molecular weight excluding hydrogens is 390 g/mol. The summed E-state index contributed by atoms with van der Waals surface area (Å²) in [4.78, 5) is 12.1. The molecule has 0 saturated carbocycles. The second-order valence-corrected chi connectivity index (χ2v) is 9.05. The Labute approximate surface area is 172 Å². The molecule has 0 spiro atoms. The molecule has 0 bridgehead atoms. The number of hydrogen-bond donors (Lipinski definition) is 2.